The lowest BCUT2D eigenvalue weighted by molar-refractivity contribution is -0.134. The van der Waals surface area contributed by atoms with Gasteiger partial charge in [-0.3, -0.25) is 9.59 Å². The molecule has 2 aliphatic heterocycles. The third-order valence-electron chi connectivity index (χ3n) is 4.79. The molecule has 0 radical (unpaired) electrons. The van der Waals surface area contributed by atoms with Gasteiger partial charge in [-0.25, -0.2) is 0 Å². The molecule has 2 unspecified atom stereocenters. The van der Waals surface area contributed by atoms with Crippen molar-refractivity contribution in [1.82, 2.24) is 9.80 Å². The van der Waals surface area contributed by atoms with Crippen molar-refractivity contribution >= 4 is 24.2 Å². The maximum absolute atomic E-state index is 12.5. The summed E-state index contributed by atoms with van der Waals surface area (Å²) < 4.78 is 0. The first-order chi connectivity index (χ1) is 10.6. The van der Waals surface area contributed by atoms with Crippen LogP contribution in [0.2, 0.25) is 0 Å². The number of hydrogen-bond donors (Lipinski definition) is 1. The number of halogens is 1. The first-order valence-corrected chi connectivity index (χ1v) is 7.95. The Morgan fingerprint density at radius 1 is 1.26 bits per heavy atom. The van der Waals surface area contributed by atoms with Crippen molar-refractivity contribution in [2.45, 2.75) is 31.8 Å². The molecule has 23 heavy (non-hydrogen) atoms. The van der Waals surface area contributed by atoms with Gasteiger partial charge in [-0.1, -0.05) is 30.3 Å². The third kappa shape index (κ3) is 3.67. The number of nitrogens with two attached hydrogens (primary N) is 1. The van der Waals surface area contributed by atoms with Crippen LogP contribution in [0.25, 0.3) is 0 Å². The van der Waals surface area contributed by atoms with Crippen LogP contribution in [0.3, 0.4) is 0 Å². The molecule has 3 atom stereocenters. The summed E-state index contributed by atoms with van der Waals surface area (Å²) in [7, 11) is 0. The van der Waals surface area contributed by atoms with E-state index in [0.717, 1.165) is 18.5 Å². The Morgan fingerprint density at radius 2 is 1.96 bits per heavy atom. The fourth-order valence-corrected chi connectivity index (χ4v) is 3.43. The number of carbonyl (C=O) groups excluding carboxylic acids is 2. The highest BCUT2D eigenvalue weighted by Gasteiger charge is 2.39. The van der Waals surface area contributed by atoms with E-state index in [-0.39, 0.29) is 42.2 Å². The Hall–Kier alpha value is -1.59. The minimum atomic E-state index is -0.219. The van der Waals surface area contributed by atoms with Crippen LogP contribution in [0, 0.1) is 5.92 Å². The summed E-state index contributed by atoms with van der Waals surface area (Å²) in [5, 5.41) is 0. The van der Waals surface area contributed by atoms with E-state index in [4.69, 9.17) is 5.73 Å². The van der Waals surface area contributed by atoms with E-state index in [0.29, 0.717) is 19.5 Å². The average Bonchev–Trinajstić information content (AvgIpc) is 3.13. The quantitative estimate of drug-likeness (QED) is 0.910. The number of benzene rings is 1. The predicted octanol–water partition coefficient (Wildman–Crippen LogP) is 1.58. The van der Waals surface area contributed by atoms with Crippen LogP contribution in [-0.2, 0) is 9.59 Å². The Balaban J connectivity index is 0.00000192. The molecule has 0 aliphatic carbocycles. The number of carbonyl (C=O) groups is 2. The van der Waals surface area contributed by atoms with Crippen molar-refractivity contribution < 1.29 is 9.59 Å². The van der Waals surface area contributed by atoms with Crippen LogP contribution in [0.5, 0.6) is 0 Å². The van der Waals surface area contributed by atoms with Crippen molar-refractivity contribution in [3.05, 3.63) is 35.9 Å². The first-order valence-electron chi connectivity index (χ1n) is 7.95. The van der Waals surface area contributed by atoms with Crippen LogP contribution >= 0.6 is 12.4 Å². The molecule has 6 heteroatoms. The molecule has 0 spiro atoms. The molecule has 1 aromatic carbocycles. The van der Waals surface area contributed by atoms with Crippen LogP contribution in [-0.4, -0.2) is 47.3 Å². The number of likely N-dealkylation sites (tertiary alicyclic amines) is 2. The summed E-state index contributed by atoms with van der Waals surface area (Å²) in [4.78, 5) is 28.5. The molecule has 1 aromatic rings. The Morgan fingerprint density at radius 3 is 2.57 bits per heavy atom. The van der Waals surface area contributed by atoms with Gasteiger partial charge < -0.3 is 15.5 Å². The van der Waals surface area contributed by atoms with Crippen molar-refractivity contribution in [3.63, 3.8) is 0 Å². The molecule has 2 saturated heterocycles. The van der Waals surface area contributed by atoms with Gasteiger partial charge in [0.1, 0.15) is 0 Å². The highest BCUT2D eigenvalue weighted by Crippen LogP contribution is 2.29. The topological polar surface area (TPSA) is 66.6 Å². The average molecular weight is 338 g/mol. The number of rotatable bonds is 3. The molecule has 0 aromatic heterocycles. The normalized spacial score (nSPS) is 25.4. The minimum absolute atomic E-state index is 0. The second kappa shape index (κ2) is 7.32. The SMILES string of the molecule is CC(c1ccccc1)N1CC(C(=O)N2CC[C@@H](N)C2)CC1=O.Cl. The van der Waals surface area contributed by atoms with Gasteiger partial charge in [-0.15, -0.1) is 12.4 Å². The molecule has 2 fully saturated rings. The van der Waals surface area contributed by atoms with Crippen molar-refractivity contribution in [2.24, 2.45) is 11.7 Å². The zero-order valence-electron chi connectivity index (χ0n) is 13.4. The van der Waals surface area contributed by atoms with E-state index in [1.807, 2.05) is 47.1 Å². The zero-order chi connectivity index (χ0) is 15.7. The lowest BCUT2D eigenvalue weighted by Gasteiger charge is -2.26. The lowest BCUT2D eigenvalue weighted by Crippen LogP contribution is -2.37. The van der Waals surface area contributed by atoms with Gasteiger partial charge in [-0.2, -0.15) is 0 Å². The van der Waals surface area contributed by atoms with E-state index in [1.54, 1.807) is 0 Å². The first kappa shape index (κ1) is 17.8. The predicted molar refractivity (Wildman–Crippen MR) is 91.1 cm³/mol. The molecule has 2 heterocycles. The zero-order valence-corrected chi connectivity index (χ0v) is 14.2. The van der Waals surface area contributed by atoms with Gasteiger partial charge in [0.15, 0.2) is 0 Å². The fourth-order valence-electron chi connectivity index (χ4n) is 3.43. The van der Waals surface area contributed by atoms with Crippen LogP contribution in [0.4, 0.5) is 0 Å². The monoisotopic (exact) mass is 337 g/mol. The highest BCUT2D eigenvalue weighted by atomic mass is 35.5. The molecule has 126 valence electrons. The Bertz CT molecular complexity index is 566. The second-order valence-corrected chi connectivity index (χ2v) is 6.37. The summed E-state index contributed by atoms with van der Waals surface area (Å²) in [5.41, 5.74) is 6.97. The van der Waals surface area contributed by atoms with E-state index in [9.17, 15) is 9.59 Å². The van der Waals surface area contributed by atoms with Crippen LogP contribution < -0.4 is 5.73 Å². The van der Waals surface area contributed by atoms with E-state index in [1.165, 1.54) is 0 Å². The van der Waals surface area contributed by atoms with Crippen LogP contribution in [0.1, 0.15) is 31.4 Å². The molecule has 5 nitrogen and oxygen atoms in total. The van der Waals surface area contributed by atoms with Gasteiger partial charge >= 0.3 is 0 Å². The van der Waals surface area contributed by atoms with E-state index < -0.39 is 0 Å². The molecule has 2 aliphatic rings. The Labute approximate surface area is 143 Å². The Kier molecular flexibility index (Phi) is 5.65. The number of hydrogen-bond acceptors (Lipinski definition) is 3. The van der Waals surface area contributed by atoms with E-state index >= 15 is 0 Å². The molecule has 0 saturated carbocycles. The molecule has 0 bridgehead atoms. The number of nitrogens with zero attached hydrogens (tertiary/aromatic N) is 2. The molecule has 3 rings (SSSR count). The van der Waals surface area contributed by atoms with Crippen molar-refractivity contribution in [2.75, 3.05) is 19.6 Å². The summed E-state index contributed by atoms with van der Waals surface area (Å²) in [6, 6.07) is 10.0. The largest absolute Gasteiger partial charge is 0.341 e. The minimum Gasteiger partial charge on any atom is -0.341 e. The highest BCUT2D eigenvalue weighted by molar-refractivity contribution is 5.89. The summed E-state index contributed by atoms with van der Waals surface area (Å²) in [5.74, 6) is -0.0637. The van der Waals surface area contributed by atoms with Crippen molar-refractivity contribution in [1.29, 1.82) is 0 Å². The molecule has 2 N–H and O–H groups in total. The third-order valence-corrected chi connectivity index (χ3v) is 4.79. The summed E-state index contributed by atoms with van der Waals surface area (Å²) in [6.45, 7) is 3.88. The van der Waals surface area contributed by atoms with Crippen molar-refractivity contribution in [3.8, 4) is 0 Å². The summed E-state index contributed by atoms with van der Waals surface area (Å²) >= 11 is 0. The van der Waals surface area contributed by atoms with Gasteiger partial charge in [-0.05, 0) is 18.9 Å². The van der Waals surface area contributed by atoms with Gasteiger partial charge in [0.25, 0.3) is 0 Å². The molecule has 2 amide bonds. The molecular formula is C17H24ClN3O2. The maximum atomic E-state index is 12.5. The smallest absolute Gasteiger partial charge is 0.228 e. The van der Waals surface area contributed by atoms with Gasteiger partial charge in [0, 0.05) is 32.1 Å². The van der Waals surface area contributed by atoms with E-state index in [2.05, 4.69) is 0 Å². The standard InChI is InChI=1S/C17H23N3O2.ClH/c1-12(13-5-3-2-4-6-13)20-10-14(9-16(20)21)17(22)19-8-7-15(18)11-19;/h2-6,12,14-15H,7-11,18H2,1H3;1H/t12?,14?,15-;/m1./s1. The van der Waals surface area contributed by atoms with Gasteiger partial charge in [0.05, 0.1) is 12.0 Å². The number of amides is 2. The summed E-state index contributed by atoms with van der Waals surface area (Å²) in [6.07, 6.45) is 1.18. The second-order valence-electron chi connectivity index (χ2n) is 6.37. The fraction of sp³-hybridized carbons (Fsp3) is 0.529. The maximum Gasteiger partial charge on any atom is 0.228 e. The lowest BCUT2D eigenvalue weighted by atomic mass is 10.1. The van der Waals surface area contributed by atoms with Gasteiger partial charge in [0.2, 0.25) is 11.8 Å². The van der Waals surface area contributed by atoms with Crippen LogP contribution in [0.15, 0.2) is 30.3 Å². The molecular weight excluding hydrogens is 314 g/mol.